The van der Waals surface area contributed by atoms with E-state index < -0.39 is 0 Å². The van der Waals surface area contributed by atoms with Gasteiger partial charge in [-0.1, -0.05) is 13.0 Å². The molecule has 1 aromatic heterocycles. The van der Waals surface area contributed by atoms with Gasteiger partial charge >= 0.3 is 0 Å². The van der Waals surface area contributed by atoms with Gasteiger partial charge in [0.05, 0.1) is 16.2 Å². The van der Waals surface area contributed by atoms with E-state index in [1.807, 2.05) is 6.07 Å². The highest BCUT2D eigenvalue weighted by Gasteiger charge is 2.21. The molecule has 0 amide bonds. The fraction of sp³-hybridized carbons (Fsp3) is 0.438. The highest BCUT2D eigenvalue weighted by Crippen LogP contribution is 2.30. The van der Waals surface area contributed by atoms with Gasteiger partial charge in [0.1, 0.15) is 10.8 Å². The molecule has 1 atom stereocenters. The molecule has 5 heteroatoms. The number of hydrogen-bond acceptors (Lipinski definition) is 3. The number of rotatable bonds is 5. The van der Waals surface area contributed by atoms with E-state index in [4.69, 9.17) is 4.98 Å². The second-order valence-electron chi connectivity index (χ2n) is 5.34. The maximum Gasteiger partial charge on any atom is 0.137 e. The van der Waals surface area contributed by atoms with E-state index >= 15 is 0 Å². The molecule has 0 saturated heterocycles. The molecule has 0 bridgehead atoms. The molecule has 2 aromatic rings. The van der Waals surface area contributed by atoms with Crippen molar-refractivity contribution >= 4 is 27.3 Å². The van der Waals surface area contributed by atoms with Crippen molar-refractivity contribution in [2.24, 2.45) is 0 Å². The van der Waals surface area contributed by atoms with Crippen LogP contribution in [0.5, 0.6) is 0 Å². The van der Waals surface area contributed by atoms with E-state index in [0.29, 0.717) is 4.47 Å². The summed E-state index contributed by atoms with van der Waals surface area (Å²) in [6.45, 7) is 8.37. The van der Waals surface area contributed by atoms with Crippen LogP contribution in [0.25, 0.3) is 0 Å². The number of aryl methyl sites for hydroxylation is 2. The third-order valence-corrected chi connectivity index (χ3v) is 4.99. The molecule has 0 fully saturated rings. The molecule has 0 spiro atoms. The Balaban J connectivity index is 2.43. The zero-order valence-electron chi connectivity index (χ0n) is 12.7. The zero-order chi connectivity index (χ0) is 15.6. The molecule has 1 unspecified atom stereocenters. The van der Waals surface area contributed by atoms with E-state index in [0.717, 1.165) is 22.7 Å². The van der Waals surface area contributed by atoms with E-state index in [2.05, 4.69) is 48.9 Å². The summed E-state index contributed by atoms with van der Waals surface area (Å²) < 4.78 is 14.3. The van der Waals surface area contributed by atoms with Crippen molar-refractivity contribution < 1.29 is 4.39 Å². The fourth-order valence-corrected chi connectivity index (χ4v) is 3.58. The largest absolute Gasteiger partial charge is 0.302 e. The Morgan fingerprint density at radius 3 is 2.62 bits per heavy atom. The summed E-state index contributed by atoms with van der Waals surface area (Å²) in [5, 5.41) is 4.49. The van der Waals surface area contributed by atoms with Crippen molar-refractivity contribution in [2.75, 3.05) is 0 Å². The Labute approximate surface area is 137 Å². The highest BCUT2D eigenvalue weighted by atomic mass is 79.9. The predicted octanol–water partition coefficient (Wildman–Crippen LogP) is 5.00. The van der Waals surface area contributed by atoms with Crippen LogP contribution in [0.15, 0.2) is 22.7 Å². The van der Waals surface area contributed by atoms with Crippen molar-refractivity contribution in [3.05, 3.63) is 49.6 Å². The number of nitrogens with zero attached hydrogens (tertiary/aromatic N) is 1. The third-order valence-electron chi connectivity index (χ3n) is 3.27. The number of benzene rings is 1. The average molecular weight is 371 g/mol. The summed E-state index contributed by atoms with van der Waals surface area (Å²) in [6.07, 6.45) is 0.922. The Hall–Kier alpha value is -0.780. The molecular weight excluding hydrogens is 351 g/mol. The average Bonchev–Trinajstić information content (AvgIpc) is 2.80. The van der Waals surface area contributed by atoms with Crippen molar-refractivity contribution in [1.29, 1.82) is 0 Å². The van der Waals surface area contributed by atoms with Crippen LogP contribution >= 0.6 is 27.3 Å². The monoisotopic (exact) mass is 370 g/mol. The summed E-state index contributed by atoms with van der Waals surface area (Å²) in [5.41, 5.74) is 2.03. The Kier molecular flexibility index (Phi) is 5.52. The predicted molar refractivity (Wildman–Crippen MR) is 90.4 cm³/mol. The van der Waals surface area contributed by atoms with Gasteiger partial charge in [-0.2, -0.15) is 0 Å². The second kappa shape index (κ2) is 6.99. The number of aromatic nitrogens is 1. The number of nitrogens with one attached hydrogen (secondary N) is 1. The lowest BCUT2D eigenvalue weighted by Crippen LogP contribution is -2.29. The van der Waals surface area contributed by atoms with Gasteiger partial charge in [-0.05, 0) is 60.8 Å². The van der Waals surface area contributed by atoms with Gasteiger partial charge in [-0.3, -0.25) is 0 Å². The molecule has 0 radical (unpaired) electrons. The summed E-state index contributed by atoms with van der Waals surface area (Å²) in [7, 11) is 0. The first kappa shape index (κ1) is 16.6. The van der Waals surface area contributed by atoms with Crippen LogP contribution in [-0.2, 0) is 6.42 Å². The zero-order valence-corrected chi connectivity index (χ0v) is 15.1. The molecular formula is C16H20BrFN2S. The Morgan fingerprint density at radius 2 is 2.10 bits per heavy atom. The highest BCUT2D eigenvalue weighted by molar-refractivity contribution is 9.10. The fourth-order valence-electron chi connectivity index (χ4n) is 2.24. The van der Waals surface area contributed by atoms with Crippen LogP contribution in [-0.4, -0.2) is 11.0 Å². The van der Waals surface area contributed by atoms with Gasteiger partial charge < -0.3 is 5.32 Å². The quantitative estimate of drug-likeness (QED) is 0.800. The number of thiazole rings is 1. The molecule has 1 heterocycles. The maximum atomic E-state index is 13.9. The molecule has 0 saturated carbocycles. The first-order chi connectivity index (χ1) is 9.92. The maximum absolute atomic E-state index is 13.9. The molecule has 1 N–H and O–H groups in total. The van der Waals surface area contributed by atoms with Gasteiger partial charge in [0.2, 0.25) is 0 Å². The van der Waals surface area contributed by atoms with Crippen LogP contribution in [0.4, 0.5) is 4.39 Å². The van der Waals surface area contributed by atoms with Gasteiger partial charge in [-0.25, -0.2) is 9.37 Å². The van der Waals surface area contributed by atoms with Crippen molar-refractivity contribution in [1.82, 2.24) is 10.3 Å². The Bertz CT molecular complexity index is 625. The minimum atomic E-state index is -0.243. The molecule has 0 aliphatic rings. The van der Waals surface area contributed by atoms with Gasteiger partial charge in [-0.15, -0.1) is 11.3 Å². The summed E-state index contributed by atoms with van der Waals surface area (Å²) >= 11 is 4.89. The summed E-state index contributed by atoms with van der Waals surface area (Å²) in [6, 6.07) is 5.48. The minimum Gasteiger partial charge on any atom is -0.302 e. The second-order valence-corrected chi connectivity index (χ2v) is 7.43. The molecule has 21 heavy (non-hydrogen) atoms. The normalized spacial score (nSPS) is 12.9. The molecule has 2 nitrogen and oxygen atoms in total. The third kappa shape index (κ3) is 3.90. The minimum absolute atomic E-state index is 0.0726. The van der Waals surface area contributed by atoms with E-state index in [1.165, 1.54) is 4.88 Å². The summed E-state index contributed by atoms with van der Waals surface area (Å²) in [4.78, 5) is 5.97. The van der Waals surface area contributed by atoms with Gasteiger partial charge in [0.15, 0.2) is 0 Å². The van der Waals surface area contributed by atoms with Crippen LogP contribution in [0.2, 0.25) is 0 Å². The molecule has 2 rings (SSSR count). The van der Waals surface area contributed by atoms with Crippen molar-refractivity contribution in [3.63, 3.8) is 0 Å². The lowest BCUT2D eigenvalue weighted by molar-refractivity contribution is 0.522. The van der Waals surface area contributed by atoms with E-state index in [-0.39, 0.29) is 17.9 Å². The lowest BCUT2D eigenvalue weighted by atomic mass is 10.1. The molecule has 114 valence electrons. The standard InChI is InChI=1S/C16H20BrFN2S/c1-5-14-10(4)21-16(20-14)15(19-9(2)3)11-6-7-12(17)13(18)8-11/h6-9,15,19H,5H2,1-4H3. The van der Waals surface area contributed by atoms with E-state index in [9.17, 15) is 4.39 Å². The SMILES string of the molecule is CCc1nc(C(NC(C)C)c2ccc(Br)c(F)c2)sc1C. The Morgan fingerprint density at radius 1 is 1.38 bits per heavy atom. The van der Waals surface area contributed by atoms with Gasteiger partial charge in [0.25, 0.3) is 0 Å². The number of hydrogen-bond donors (Lipinski definition) is 1. The first-order valence-corrected chi connectivity index (χ1v) is 8.70. The first-order valence-electron chi connectivity index (χ1n) is 7.09. The number of halogens is 2. The van der Waals surface area contributed by atoms with Crippen molar-refractivity contribution in [3.8, 4) is 0 Å². The molecule has 1 aromatic carbocycles. The lowest BCUT2D eigenvalue weighted by Gasteiger charge is -2.20. The van der Waals surface area contributed by atoms with E-state index in [1.54, 1.807) is 23.5 Å². The van der Waals surface area contributed by atoms with Crippen molar-refractivity contribution in [2.45, 2.75) is 46.2 Å². The van der Waals surface area contributed by atoms with Crippen LogP contribution in [0, 0.1) is 12.7 Å². The summed E-state index contributed by atoms with van der Waals surface area (Å²) in [5.74, 6) is -0.243. The molecule has 0 aliphatic carbocycles. The topological polar surface area (TPSA) is 24.9 Å². The van der Waals surface area contributed by atoms with Crippen LogP contribution in [0.3, 0.4) is 0 Å². The van der Waals surface area contributed by atoms with Gasteiger partial charge in [0, 0.05) is 10.9 Å². The van der Waals surface area contributed by atoms with Crippen LogP contribution < -0.4 is 5.32 Å². The van der Waals surface area contributed by atoms with Crippen LogP contribution in [0.1, 0.15) is 48.0 Å². The smallest absolute Gasteiger partial charge is 0.137 e. The molecule has 0 aliphatic heterocycles.